The maximum absolute atomic E-state index is 11.9. The molecule has 2 aromatic rings. The van der Waals surface area contributed by atoms with Crippen LogP contribution < -0.4 is 26.2 Å². The van der Waals surface area contributed by atoms with E-state index in [1.807, 2.05) is 18.3 Å². The zero-order chi connectivity index (χ0) is 21.5. The van der Waals surface area contributed by atoms with Gasteiger partial charge in [0.15, 0.2) is 0 Å². The average Bonchev–Trinajstić information content (AvgIpc) is 3.48. The third-order valence-corrected chi connectivity index (χ3v) is 6.48. The summed E-state index contributed by atoms with van der Waals surface area (Å²) in [7, 11) is 0. The van der Waals surface area contributed by atoms with Crippen LogP contribution in [0.1, 0.15) is 21.5 Å². The standard InChI is InChI=1S/C25H26N6O/c32-25-21-6-1-17(15-18(21)16-28-25)23-8-7-22(24-27-11-14-31(23)24)29-19-2-4-20(5-3-19)30-12-9-26-10-13-30/h1-8,11,14-15,24,26-27,29H,9-10,12-13,16H2,(H,28,32). The van der Waals surface area contributed by atoms with Gasteiger partial charge in [-0.2, -0.15) is 0 Å². The summed E-state index contributed by atoms with van der Waals surface area (Å²) in [6.45, 7) is 4.76. The SMILES string of the molecule is O=C1NCc2cc(C3=CC=C(Nc4ccc(N5CCNCC5)cc4)C4NC=CN34)ccc21. The van der Waals surface area contributed by atoms with Crippen molar-refractivity contribution >= 4 is 23.0 Å². The summed E-state index contributed by atoms with van der Waals surface area (Å²) in [6, 6.07) is 14.7. The highest BCUT2D eigenvalue weighted by molar-refractivity contribution is 5.98. The minimum atomic E-state index is 0.0101. The van der Waals surface area contributed by atoms with Gasteiger partial charge in [-0.1, -0.05) is 6.07 Å². The fourth-order valence-electron chi connectivity index (χ4n) is 4.78. The Balaban J connectivity index is 1.23. The summed E-state index contributed by atoms with van der Waals surface area (Å²) < 4.78 is 0. The number of benzene rings is 2. The third kappa shape index (κ3) is 3.31. The Morgan fingerprint density at radius 3 is 2.69 bits per heavy atom. The van der Waals surface area contributed by atoms with Crippen LogP contribution in [0.5, 0.6) is 0 Å². The molecule has 162 valence electrons. The molecule has 4 N–H and O–H groups in total. The molecule has 1 unspecified atom stereocenters. The predicted molar refractivity (Wildman–Crippen MR) is 127 cm³/mol. The molecule has 0 bridgehead atoms. The first-order valence-corrected chi connectivity index (χ1v) is 11.1. The van der Waals surface area contributed by atoms with E-state index in [0.29, 0.717) is 6.54 Å². The van der Waals surface area contributed by atoms with Crippen LogP contribution in [0, 0.1) is 0 Å². The Bertz CT molecular complexity index is 1140. The largest absolute Gasteiger partial charge is 0.369 e. The minimum absolute atomic E-state index is 0.0101. The summed E-state index contributed by atoms with van der Waals surface area (Å²) in [5, 5.41) is 13.3. The van der Waals surface area contributed by atoms with Crippen molar-refractivity contribution in [2.75, 3.05) is 36.4 Å². The van der Waals surface area contributed by atoms with Crippen LogP contribution in [0.3, 0.4) is 0 Å². The van der Waals surface area contributed by atoms with Gasteiger partial charge >= 0.3 is 0 Å². The number of hydrogen-bond acceptors (Lipinski definition) is 6. The van der Waals surface area contributed by atoms with E-state index in [1.165, 1.54) is 5.69 Å². The van der Waals surface area contributed by atoms with E-state index in [-0.39, 0.29) is 12.1 Å². The van der Waals surface area contributed by atoms with Gasteiger partial charge in [0.1, 0.15) is 6.17 Å². The summed E-state index contributed by atoms with van der Waals surface area (Å²) in [5.74, 6) is 0.0131. The lowest BCUT2D eigenvalue weighted by Gasteiger charge is -2.33. The Kier molecular flexibility index (Phi) is 4.61. The van der Waals surface area contributed by atoms with Crippen LogP contribution in [0.2, 0.25) is 0 Å². The number of piperazine rings is 1. The summed E-state index contributed by atoms with van der Waals surface area (Å²) in [4.78, 5) is 16.5. The van der Waals surface area contributed by atoms with Crippen LogP contribution in [0.25, 0.3) is 5.70 Å². The van der Waals surface area contributed by atoms with Gasteiger partial charge in [0.05, 0.1) is 11.4 Å². The maximum atomic E-state index is 11.9. The molecule has 2 aromatic carbocycles. The second-order valence-electron chi connectivity index (χ2n) is 8.43. The van der Waals surface area contributed by atoms with Crippen molar-refractivity contribution in [1.29, 1.82) is 0 Å². The van der Waals surface area contributed by atoms with Crippen molar-refractivity contribution in [2.24, 2.45) is 0 Å². The molecule has 1 atom stereocenters. The molecule has 0 spiro atoms. The van der Waals surface area contributed by atoms with Crippen LogP contribution in [-0.2, 0) is 6.54 Å². The van der Waals surface area contributed by atoms with Crippen molar-refractivity contribution in [1.82, 2.24) is 20.9 Å². The molecule has 6 rings (SSSR count). The Morgan fingerprint density at radius 1 is 1.00 bits per heavy atom. The third-order valence-electron chi connectivity index (χ3n) is 6.48. The molecule has 0 aromatic heterocycles. The molecule has 0 aliphatic carbocycles. The van der Waals surface area contributed by atoms with Crippen molar-refractivity contribution in [3.63, 3.8) is 0 Å². The van der Waals surface area contributed by atoms with Gasteiger partial charge in [-0.15, -0.1) is 0 Å². The van der Waals surface area contributed by atoms with E-state index in [2.05, 4.69) is 79.8 Å². The van der Waals surface area contributed by atoms with Crippen LogP contribution >= 0.6 is 0 Å². The summed E-state index contributed by atoms with van der Waals surface area (Å²) >= 11 is 0. The van der Waals surface area contributed by atoms with Gasteiger partial charge in [0.2, 0.25) is 0 Å². The minimum Gasteiger partial charge on any atom is -0.369 e. The van der Waals surface area contributed by atoms with Crippen molar-refractivity contribution in [3.8, 4) is 0 Å². The second kappa shape index (κ2) is 7.76. The summed E-state index contributed by atoms with van der Waals surface area (Å²) in [5.41, 5.74) is 7.47. The molecule has 4 aliphatic rings. The van der Waals surface area contributed by atoms with E-state index in [0.717, 1.165) is 60.0 Å². The second-order valence-corrected chi connectivity index (χ2v) is 8.43. The fraction of sp³-hybridized carbons (Fsp3) is 0.240. The average molecular weight is 427 g/mol. The number of nitrogens with one attached hydrogen (secondary N) is 4. The van der Waals surface area contributed by atoms with E-state index < -0.39 is 0 Å². The molecule has 4 heterocycles. The van der Waals surface area contributed by atoms with Crippen molar-refractivity contribution in [3.05, 3.63) is 89.4 Å². The van der Waals surface area contributed by atoms with Gasteiger partial charge in [-0.3, -0.25) is 4.79 Å². The number of allylic oxidation sites excluding steroid dienone is 2. The number of rotatable bonds is 4. The first-order valence-electron chi connectivity index (χ1n) is 11.1. The highest BCUT2D eigenvalue weighted by Gasteiger charge is 2.30. The molecule has 0 saturated carbocycles. The van der Waals surface area contributed by atoms with E-state index in [9.17, 15) is 4.79 Å². The number of carbonyl (C=O) groups is 1. The molecule has 1 fully saturated rings. The fourth-order valence-corrected chi connectivity index (χ4v) is 4.78. The maximum Gasteiger partial charge on any atom is 0.251 e. The van der Waals surface area contributed by atoms with Gasteiger partial charge in [-0.05, 0) is 59.7 Å². The molecule has 0 radical (unpaired) electrons. The van der Waals surface area contributed by atoms with Crippen LogP contribution in [0.4, 0.5) is 11.4 Å². The quantitative estimate of drug-likeness (QED) is 0.602. The van der Waals surface area contributed by atoms with Crippen LogP contribution in [-0.4, -0.2) is 43.2 Å². The molecular formula is C25H26N6O. The number of hydrogen-bond donors (Lipinski definition) is 4. The Hall–Kier alpha value is -3.71. The number of carbonyl (C=O) groups excluding carboxylic acids is 1. The zero-order valence-corrected chi connectivity index (χ0v) is 17.8. The first-order chi connectivity index (χ1) is 15.8. The zero-order valence-electron chi connectivity index (χ0n) is 17.8. The molecule has 1 saturated heterocycles. The number of nitrogens with zero attached hydrogens (tertiary/aromatic N) is 2. The molecule has 7 heteroatoms. The normalized spacial score (nSPS) is 21.4. The lowest BCUT2D eigenvalue weighted by Crippen LogP contribution is -2.43. The van der Waals surface area contributed by atoms with Crippen molar-refractivity contribution in [2.45, 2.75) is 12.7 Å². The molecule has 7 nitrogen and oxygen atoms in total. The van der Waals surface area contributed by atoms with E-state index >= 15 is 0 Å². The first kappa shape index (κ1) is 19.0. The highest BCUT2D eigenvalue weighted by Crippen LogP contribution is 2.33. The van der Waals surface area contributed by atoms with Gasteiger partial charge < -0.3 is 31.1 Å². The lowest BCUT2D eigenvalue weighted by atomic mass is 10.0. The van der Waals surface area contributed by atoms with Gasteiger partial charge in [-0.25, -0.2) is 0 Å². The highest BCUT2D eigenvalue weighted by atomic mass is 16.1. The predicted octanol–water partition coefficient (Wildman–Crippen LogP) is 2.39. The number of amides is 1. The number of anilines is 2. The lowest BCUT2D eigenvalue weighted by molar-refractivity contribution is 0.0965. The van der Waals surface area contributed by atoms with Crippen molar-refractivity contribution < 1.29 is 4.79 Å². The Morgan fingerprint density at radius 2 is 1.84 bits per heavy atom. The topological polar surface area (TPSA) is 71.7 Å². The molecule has 32 heavy (non-hydrogen) atoms. The molecule has 4 aliphatic heterocycles. The van der Waals surface area contributed by atoms with Crippen LogP contribution in [0.15, 0.2) is 72.7 Å². The smallest absolute Gasteiger partial charge is 0.251 e. The molecule has 1 amide bonds. The van der Waals surface area contributed by atoms with E-state index in [4.69, 9.17) is 0 Å². The van der Waals surface area contributed by atoms with Gasteiger partial charge in [0.25, 0.3) is 5.91 Å². The Labute approximate surface area is 187 Å². The van der Waals surface area contributed by atoms with E-state index in [1.54, 1.807) is 0 Å². The number of fused-ring (bicyclic) bond motifs is 2. The molecular weight excluding hydrogens is 400 g/mol. The monoisotopic (exact) mass is 426 g/mol. The van der Waals surface area contributed by atoms with Gasteiger partial charge in [0, 0.05) is 62.1 Å². The summed E-state index contributed by atoms with van der Waals surface area (Å²) in [6.07, 6.45) is 8.32.